The molecular formula is C19H19FN2O2. The van der Waals surface area contributed by atoms with Gasteiger partial charge in [0.15, 0.2) is 6.10 Å². The average molecular weight is 326 g/mol. The maximum Gasteiger partial charge on any atom is 0.219 e. The van der Waals surface area contributed by atoms with E-state index < -0.39 is 0 Å². The molecule has 4 nitrogen and oxygen atoms in total. The summed E-state index contributed by atoms with van der Waals surface area (Å²) in [6, 6.07) is 16.3. The summed E-state index contributed by atoms with van der Waals surface area (Å²) < 4.78 is 13.8. The molecule has 2 aromatic rings. The van der Waals surface area contributed by atoms with Gasteiger partial charge in [0.2, 0.25) is 5.91 Å². The number of hydrogen-bond donors (Lipinski definition) is 0. The SMILES string of the molecule is CC(=O)N(Cc1ccccc1)CC1CC(c2ccccc2F)=NO1. The molecule has 5 heteroatoms. The van der Waals surface area contributed by atoms with Gasteiger partial charge in [0.05, 0.1) is 12.3 Å². The van der Waals surface area contributed by atoms with E-state index in [1.807, 2.05) is 30.3 Å². The van der Waals surface area contributed by atoms with Crippen molar-refractivity contribution in [1.82, 2.24) is 4.90 Å². The molecule has 1 aliphatic rings. The summed E-state index contributed by atoms with van der Waals surface area (Å²) >= 11 is 0. The Morgan fingerprint density at radius 2 is 1.92 bits per heavy atom. The maximum atomic E-state index is 13.8. The Kier molecular flexibility index (Phi) is 4.89. The molecule has 0 saturated heterocycles. The second-order valence-electron chi connectivity index (χ2n) is 5.83. The van der Waals surface area contributed by atoms with E-state index in [1.165, 1.54) is 13.0 Å². The molecule has 1 amide bonds. The van der Waals surface area contributed by atoms with Crippen LogP contribution in [0.2, 0.25) is 0 Å². The van der Waals surface area contributed by atoms with Crippen LogP contribution in [-0.4, -0.2) is 29.2 Å². The van der Waals surface area contributed by atoms with E-state index in [9.17, 15) is 9.18 Å². The van der Waals surface area contributed by atoms with Crippen molar-refractivity contribution < 1.29 is 14.0 Å². The molecule has 1 heterocycles. The number of halogens is 1. The highest BCUT2D eigenvalue weighted by atomic mass is 19.1. The number of amides is 1. The lowest BCUT2D eigenvalue weighted by Crippen LogP contribution is -2.35. The Morgan fingerprint density at radius 1 is 1.21 bits per heavy atom. The zero-order chi connectivity index (χ0) is 16.9. The second kappa shape index (κ2) is 7.25. The standard InChI is InChI=1S/C19H19FN2O2/c1-14(23)22(12-15-7-3-2-4-8-15)13-16-11-19(21-24-16)17-9-5-6-10-18(17)20/h2-10,16H,11-13H2,1H3. The Morgan fingerprint density at radius 3 is 2.62 bits per heavy atom. The first-order chi connectivity index (χ1) is 11.6. The molecule has 24 heavy (non-hydrogen) atoms. The average Bonchev–Trinajstić information content (AvgIpc) is 3.04. The summed E-state index contributed by atoms with van der Waals surface area (Å²) in [5, 5.41) is 4.01. The van der Waals surface area contributed by atoms with E-state index in [0.717, 1.165) is 5.56 Å². The van der Waals surface area contributed by atoms with Crippen molar-refractivity contribution in [2.75, 3.05) is 6.54 Å². The molecule has 0 radical (unpaired) electrons. The minimum Gasteiger partial charge on any atom is -0.390 e. The fraction of sp³-hybridized carbons (Fsp3) is 0.263. The topological polar surface area (TPSA) is 41.9 Å². The molecule has 3 rings (SSSR count). The van der Waals surface area contributed by atoms with Crippen molar-refractivity contribution >= 4 is 11.6 Å². The van der Waals surface area contributed by atoms with Crippen LogP contribution in [0.3, 0.4) is 0 Å². The quantitative estimate of drug-likeness (QED) is 0.845. The van der Waals surface area contributed by atoms with E-state index in [1.54, 1.807) is 23.1 Å². The van der Waals surface area contributed by atoms with Gasteiger partial charge in [-0.2, -0.15) is 0 Å². The third kappa shape index (κ3) is 3.79. The first-order valence-corrected chi connectivity index (χ1v) is 7.90. The molecule has 0 spiro atoms. The highest BCUT2D eigenvalue weighted by molar-refractivity contribution is 6.01. The van der Waals surface area contributed by atoms with Gasteiger partial charge in [-0.05, 0) is 11.6 Å². The van der Waals surface area contributed by atoms with E-state index in [2.05, 4.69) is 5.16 Å². The number of carbonyl (C=O) groups excluding carboxylic acids is 1. The van der Waals surface area contributed by atoms with Crippen molar-refractivity contribution in [3.05, 3.63) is 71.5 Å². The van der Waals surface area contributed by atoms with Crippen molar-refractivity contribution in [2.45, 2.75) is 26.0 Å². The Balaban J connectivity index is 1.63. The van der Waals surface area contributed by atoms with Crippen LogP contribution in [0.1, 0.15) is 24.5 Å². The van der Waals surface area contributed by atoms with Gasteiger partial charge in [0.1, 0.15) is 5.82 Å². The highest BCUT2D eigenvalue weighted by Gasteiger charge is 2.26. The van der Waals surface area contributed by atoms with Crippen LogP contribution in [0.15, 0.2) is 59.8 Å². The minimum atomic E-state index is -0.312. The Bertz CT molecular complexity index is 746. The summed E-state index contributed by atoms with van der Waals surface area (Å²) in [5.41, 5.74) is 2.10. The lowest BCUT2D eigenvalue weighted by molar-refractivity contribution is -0.131. The van der Waals surface area contributed by atoms with E-state index in [4.69, 9.17) is 4.84 Å². The highest BCUT2D eigenvalue weighted by Crippen LogP contribution is 2.20. The van der Waals surface area contributed by atoms with Crippen molar-refractivity contribution in [3.63, 3.8) is 0 Å². The van der Waals surface area contributed by atoms with Crippen LogP contribution in [0.25, 0.3) is 0 Å². The number of hydrogen-bond acceptors (Lipinski definition) is 3. The minimum absolute atomic E-state index is 0.0261. The van der Waals surface area contributed by atoms with Crippen molar-refractivity contribution in [1.29, 1.82) is 0 Å². The van der Waals surface area contributed by atoms with Gasteiger partial charge in [0.25, 0.3) is 0 Å². The molecule has 0 aromatic heterocycles. The van der Waals surface area contributed by atoms with Crippen LogP contribution in [0, 0.1) is 5.82 Å². The summed E-state index contributed by atoms with van der Waals surface area (Å²) in [6.45, 7) is 2.48. The van der Waals surface area contributed by atoms with Crippen LogP contribution in [0.4, 0.5) is 4.39 Å². The van der Waals surface area contributed by atoms with Gasteiger partial charge in [-0.3, -0.25) is 4.79 Å². The lowest BCUT2D eigenvalue weighted by atomic mass is 10.0. The number of oxime groups is 1. The van der Waals surface area contributed by atoms with Crippen LogP contribution in [-0.2, 0) is 16.2 Å². The smallest absolute Gasteiger partial charge is 0.219 e. The van der Waals surface area contributed by atoms with Gasteiger partial charge < -0.3 is 9.74 Å². The molecule has 124 valence electrons. The molecule has 0 bridgehead atoms. The van der Waals surface area contributed by atoms with Crippen LogP contribution < -0.4 is 0 Å². The number of rotatable bonds is 5. The number of nitrogens with zero attached hydrogens (tertiary/aromatic N) is 2. The third-order valence-electron chi connectivity index (χ3n) is 4.00. The fourth-order valence-corrected chi connectivity index (χ4v) is 2.73. The molecular weight excluding hydrogens is 307 g/mol. The summed E-state index contributed by atoms with van der Waals surface area (Å²) in [7, 11) is 0. The van der Waals surface area contributed by atoms with E-state index in [-0.39, 0.29) is 17.8 Å². The van der Waals surface area contributed by atoms with Gasteiger partial charge in [-0.15, -0.1) is 0 Å². The monoisotopic (exact) mass is 326 g/mol. The molecule has 1 unspecified atom stereocenters. The zero-order valence-corrected chi connectivity index (χ0v) is 13.5. The first kappa shape index (κ1) is 16.2. The van der Waals surface area contributed by atoms with Gasteiger partial charge in [-0.25, -0.2) is 4.39 Å². The largest absolute Gasteiger partial charge is 0.390 e. The Hall–Kier alpha value is -2.69. The molecule has 0 saturated carbocycles. The second-order valence-corrected chi connectivity index (χ2v) is 5.83. The van der Waals surface area contributed by atoms with Crippen LogP contribution >= 0.6 is 0 Å². The summed E-state index contributed by atoms with van der Waals surface area (Å²) in [6.07, 6.45) is 0.228. The first-order valence-electron chi connectivity index (χ1n) is 7.90. The number of carbonyl (C=O) groups is 1. The molecule has 0 fully saturated rings. The van der Waals surface area contributed by atoms with Gasteiger partial charge in [0, 0.05) is 25.5 Å². The van der Waals surface area contributed by atoms with E-state index >= 15 is 0 Å². The summed E-state index contributed by atoms with van der Waals surface area (Å²) in [5.74, 6) is -0.338. The number of benzene rings is 2. The maximum absolute atomic E-state index is 13.8. The normalized spacial score (nSPS) is 16.4. The predicted molar refractivity (Wildman–Crippen MR) is 90.0 cm³/mol. The molecule has 0 N–H and O–H groups in total. The predicted octanol–water partition coefficient (Wildman–Crippen LogP) is 3.37. The third-order valence-corrected chi connectivity index (χ3v) is 4.00. The van der Waals surface area contributed by atoms with Crippen molar-refractivity contribution in [2.24, 2.45) is 5.16 Å². The van der Waals surface area contributed by atoms with Crippen molar-refractivity contribution in [3.8, 4) is 0 Å². The van der Waals surface area contributed by atoms with Crippen LogP contribution in [0.5, 0.6) is 0 Å². The lowest BCUT2D eigenvalue weighted by Gasteiger charge is -2.23. The fourth-order valence-electron chi connectivity index (χ4n) is 2.73. The van der Waals surface area contributed by atoms with E-state index in [0.29, 0.717) is 30.8 Å². The van der Waals surface area contributed by atoms with Gasteiger partial charge in [-0.1, -0.05) is 53.7 Å². The molecule has 2 aromatic carbocycles. The Labute approximate surface area is 140 Å². The van der Waals surface area contributed by atoms with Gasteiger partial charge >= 0.3 is 0 Å². The molecule has 1 atom stereocenters. The molecule has 0 aliphatic carbocycles. The molecule has 1 aliphatic heterocycles. The zero-order valence-electron chi connectivity index (χ0n) is 13.5. The summed E-state index contributed by atoms with van der Waals surface area (Å²) in [4.78, 5) is 19.1.